The highest BCUT2D eigenvalue weighted by Gasteiger charge is 2.36. The van der Waals surface area contributed by atoms with Crippen LogP contribution in [0.3, 0.4) is 0 Å². The Labute approximate surface area is 205 Å². The number of hydrogen-bond acceptors (Lipinski definition) is 6. The summed E-state index contributed by atoms with van der Waals surface area (Å²) >= 11 is 1.29. The van der Waals surface area contributed by atoms with Crippen molar-refractivity contribution in [3.8, 4) is 0 Å². The number of benzene rings is 1. The highest BCUT2D eigenvalue weighted by atomic mass is 32.2. The largest absolute Gasteiger partial charge is 0.340 e. The predicted molar refractivity (Wildman–Crippen MR) is 134 cm³/mol. The molecular weight excluding hydrogens is 468 g/mol. The zero-order chi connectivity index (χ0) is 23.7. The number of carbonyl (C=O) groups excluding carboxylic acids is 1. The van der Waals surface area contributed by atoms with Gasteiger partial charge in [-0.1, -0.05) is 24.3 Å². The number of piperidine rings is 1. The van der Waals surface area contributed by atoms with Crippen LogP contribution < -0.4 is 0 Å². The summed E-state index contributed by atoms with van der Waals surface area (Å²) in [6, 6.07) is 13.8. The van der Waals surface area contributed by atoms with E-state index < -0.39 is 10.0 Å². The smallest absolute Gasteiger partial charge is 0.252 e. The zero-order valence-electron chi connectivity index (χ0n) is 19.4. The van der Waals surface area contributed by atoms with Crippen LogP contribution in [0.4, 0.5) is 0 Å². The van der Waals surface area contributed by atoms with Crippen molar-refractivity contribution in [2.45, 2.75) is 30.5 Å². The number of pyridine rings is 1. The van der Waals surface area contributed by atoms with Crippen molar-refractivity contribution in [2.75, 3.05) is 39.3 Å². The Bertz CT molecular complexity index is 1280. The Balaban J connectivity index is 1.19. The van der Waals surface area contributed by atoms with Crippen molar-refractivity contribution in [3.63, 3.8) is 0 Å². The lowest BCUT2D eigenvalue weighted by atomic mass is 9.97. The topological polar surface area (TPSA) is 73.8 Å². The quantitative estimate of drug-likeness (QED) is 0.539. The van der Waals surface area contributed by atoms with E-state index >= 15 is 0 Å². The molecule has 5 rings (SSSR count). The second kappa shape index (κ2) is 9.73. The number of fused-ring (bicyclic) bond motifs is 1. The highest BCUT2D eigenvalue weighted by Crippen LogP contribution is 2.29. The third kappa shape index (κ3) is 4.75. The van der Waals surface area contributed by atoms with Gasteiger partial charge in [0.2, 0.25) is 5.91 Å². The van der Waals surface area contributed by atoms with Crippen LogP contribution in [0.15, 0.2) is 52.9 Å². The van der Waals surface area contributed by atoms with E-state index in [2.05, 4.69) is 34.1 Å². The second-order valence-electron chi connectivity index (χ2n) is 9.16. The molecule has 0 bridgehead atoms. The second-order valence-corrected chi connectivity index (χ2v) is 12.6. The molecule has 1 amide bonds. The lowest BCUT2D eigenvalue weighted by Gasteiger charge is -2.38. The number of carbonyl (C=O) groups is 1. The summed E-state index contributed by atoms with van der Waals surface area (Å²) in [7, 11) is -3.53. The molecule has 2 aliphatic rings. The molecule has 0 spiro atoms. The van der Waals surface area contributed by atoms with Gasteiger partial charge in [-0.2, -0.15) is 4.31 Å². The number of aromatic nitrogens is 1. The van der Waals surface area contributed by atoms with Crippen molar-refractivity contribution in [1.29, 1.82) is 0 Å². The monoisotopic (exact) mass is 498 g/mol. The van der Waals surface area contributed by atoms with E-state index in [1.165, 1.54) is 21.2 Å². The summed E-state index contributed by atoms with van der Waals surface area (Å²) in [6.07, 6.45) is 3.29. The van der Waals surface area contributed by atoms with E-state index in [1.54, 1.807) is 6.07 Å². The SMILES string of the molecule is Cc1ccc(S(=O)(=O)N2CCCC(C(=O)N3CCN(Cc4cccc5cccnc45)CC3)C2)s1. The summed E-state index contributed by atoms with van der Waals surface area (Å²) in [6.45, 7) is 6.43. The standard InChI is InChI=1S/C25H30N4O3S2/c1-19-9-10-23(33-19)34(31,32)29-12-4-8-22(18-29)25(30)28-15-13-27(14-16-28)17-21-6-2-5-20-7-3-11-26-24(20)21/h2-3,5-7,9-11,22H,4,8,12-18H2,1H3. The number of aryl methyl sites for hydroxylation is 1. The molecule has 2 fully saturated rings. The fraction of sp³-hybridized carbons (Fsp3) is 0.440. The molecule has 2 saturated heterocycles. The predicted octanol–water partition coefficient (Wildman–Crippen LogP) is 3.35. The van der Waals surface area contributed by atoms with Gasteiger partial charge in [-0.25, -0.2) is 8.42 Å². The van der Waals surface area contributed by atoms with Gasteiger partial charge in [0.05, 0.1) is 11.4 Å². The number of para-hydroxylation sites is 1. The van der Waals surface area contributed by atoms with Gasteiger partial charge in [-0.15, -0.1) is 11.3 Å². The van der Waals surface area contributed by atoms with Crippen LogP contribution in [0.5, 0.6) is 0 Å². The van der Waals surface area contributed by atoms with Gasteiger partial charge in [-0.3, -0.25) is 14.7 Å². The summed E-state index contributed by atoms with van der Waals surface area (Å²) in [4.78, 5) is 23.1. The molecule has 4 heterocycles. The number of sulfonamides is 1. The number of piperazine rings is 1. The molecule has 7 nitrogen and oxygen atoms in total. The molecule has 34 heavy (non-hydrogen) atoms. The molecule has 3 aromatic rings. The number of rotatable bonds is 5. The maximum absolute atomic E-state index is 13.3. The van der Waals surface area contributed by atoms with Gasteiger partial charge >= 0.3 is 0 Å². The maximum Gasteiger partial charge on any atom is 0.252 e. The van der Waals surface area contributed by atoms with E-state index in [1.807, 2.05) is 30.2 Å². The number of nitrogens with zero attached hydrogens (tertiary/aromatic N) is 4. The molecular formula is C25H30N4O3S2. The van der Waals surface area contributed by atoms with E-state index in [4.69, 9.17) is 0 Å². The number of amides is 1. The van der Waals surface area contributed by atoms with Gasteiger partial charge in [0.1, 0.15) is 4.21 Å². The molecule has 0 aliphatic carbocycles. The fourth-order valence-corrected chi connectivity index (χ4v) is 7.92. The van der Waals surface area contributed by atoms with Crippen molar-refractivity contribution >= 4 is 38.2 Å². The first kappa shape index (κ1) is 23.4. The molecule has 1 unspecified atom stereocenters. The summed E-state index contributed by atoms with van der Waals surface area (Å²) in [5.74, 6) is -0.174. The molecule has 0 N–H and O–H groups in total. The third-order valence-electron chi connectivity index (χ3n) is 6.84. The van der Waals surface area contributed by atoms with Crippen LogP contribution in [-0.4, -0.2) is 72.7 Å². The minimum atomic E-state index is -3.53. The fourth-order valence-electron chi connectivity index (χ4n) is 4.96. The molecule has 0 saturated carbocycles. The number of thiophene rings is 1. The first-order valence-electron chi connectivity index (χ1n) is 11.8. The van der Waals surface area contributed by atoms with Crippen LogP contribution in [-0.2, 0) is 21.4 Å². The Kier molecular flexibility index (Phi) is 6.70. The average molecular weight is 499 g/mol. The van der Waals surface area contributed by atoms with Gasteiger partial charge < -0.3 is 4.90 Å². The molecule has 180 valence electrons. The third-order valence-corrected chi connectivity index (χ3v) is 10.2. The lowest BCUT2D eigenvalue weighted by molar-refractivity contribution is -0.138. The summed E-state index contributed by atoms with van der Waals surface area (Å²) in [5, 5.41) is 1.14. The van der Waals surface area contributed by atoms with Crippen LogP contribution in [0.2, 0.25) is 0 Å². The Morgan fingerprint density at radius 1 is 1.06 bits per heavy atom. The maximum atomic E-state index is 13.3. The lowest BCUT2D eigenvalue weighted by Crippen LogP contribution is -2.52. The van der Waals surface area contributed by atoms with Gasteiger partial charge in [-0.05, 0) is 43.5 Å². The van der Waals surface area contributed by atoms with Gasteiger partial charge in [0, 0.05) is 62.3 Å². The van der Waals surface area contributed by atoms with E-state index in [0.717, 1.165) is 41.8 Å². The molecule has 2 aliphatic heterocycles. The van der Waals surface area contributed by atoms with Gasteiger partial charge in [0.15, 0.2) is 0 Å². The summed E-state index contributed by atoms with van der Waals surface area (Å²) in [5.41, 5.74) is 2.24. The van der Waals surface area contributed by atoms with Crippen LogP contribution in [0.25, 0.3) is 10.9 Å². The average Bonchev–Trinajstić information content (AvgIpc) is 3.31. The van der Waals surface area contributed by atoms with Crippen LogP contribution >= 0.6 is 11.3 Å². The van der Waals surface area contributed by atoms with E-state index in [9.17, 15) is 13.2 Å². The molecule has 2 aromatic heterocycles. The van der Waals surface area contributed by atoms with Crippen molar-refractivity contribution in [3.05, 3.63) is 59.1 Å². The number of hydrogen-bond donors (Lipinski definition) is 0. The molecule has 0 radical (unpaired) electrons. The van der Waals surface area contributed by atoms with Crippen LogP contribution in [0, 0.1) is 12.8 Å². The van der Waals surface area contributed by atoms with Gasteiger partial charge in [0.25, 0.3) is 10.0 Å². The Morgan fingerprint density at radius 3 is 2.62 bits per heavy atom. The first-order valence-corrected chi connectivity index (χ1v) is 14.1. The van der Waals surface area contributed by atoms with Crippen LogP contribution in [0.1, 0.15) is 23.3 Å². The minimum absolute atomic E-state index is 0.0914. The van der Waals surface area contributed by atoms with Crippen molar-refractivity contribution in [2.24, 2.45) is 5.92 Å². The Hall–Kier alpha value is -2.33. The molecule has 9 heteroatoms. The summed E-state index contributed by atoms with van der Waals surface area (Å²) < 4.78 is 28.0. The van der Waals surface area contributed by atoms with E-state index in [0.29, 0.717) is 30.3 Å². The normalized spacial score (nSPS) is 20.6. The van der Waals surface area contributed by atoms with Crippen molar-refractivity contribution < 1.29 is 13.2 Å². The highest BCUT2D eigenvalue weighted by molar-refractivity contribution is 7.91. The zero-order valence-corrected chi connectivity index (χ0v) is 21.0. The van der Waals surface area contributed by atoms with Crippen molar-refractivity contribution in [1.82, 2.24) is 19.1 Å². The Morgan fingerprint density at radius 2 is 1.85 bits per heavy atom. The van der Waals surface area contributed by atoms with E-state index in [-0.39, 0.29) is 18.4 Å². The molecule has 1 aromatic carbocycles. The minimum Gasteiger partial charge on any atom is -0.340 e. The molecule has 1 atom stereocenters. The first-order chi connectivity index (χ1) is 16.4.